The predicted octanol–water partition coefficient (Wildman–Crippen LogP) is 7.26. The molecule has 41 heavy (non-hydrogen) atoms. The molecule has 5 nitrogen and oxygen atoms in total. The third kappa shape index (κ3) is 5.99. The number of alkyl halides is 3. The first kappa shape index (κ1) is 27.4. The van der Waals surface area contributed by atoms with Crippen LogP contribution in [0.3, 0.4) is 0 Å². The minimum Gasteiger partial charge on any atom is -0.364 e. The maximum absolute atomic E-state index is 13.1. The topological polar surface area (TPSA) is 64.8 Å². The molecular weight excluding hydrogens is 543 g/mol. The highest BCUT2D eigenvalue weighted by atomic mass is 32.1. The number of nitrogens with zero attached hydrogens (tertiary/aromatic N) is 4. The summed E-state index contributed by atoms with van der Waals surface area (Å²) in [6, 6.07) is 18.5. The van der Waals surface area contributed by atoms with E-state index in [1.165, 1.54) is 34.1 Å². The van der Waals surface area contributed by atoms with Gasteiger partial charge in [0.05, 0.1) is 17.9 Å². The standard InChI is InChI=1S/C32H30F3N5S/c1-21-25(8-7-24-13-23(18-36)14-27(21)24)19-40-11-9-31(10-12-40,16-22-5-3-2-4-6-22)39-29-28-15-26(17-32(33,34)35)41-30(28)38-20-37-29/h2-8,14-15,20H,9-13,16-17,19H2,1H3,(H,37,38,39). The van der Waals surface area contributed by atoms with Crippen molar-refractivity contribution in [3.8, 4) is 6.07 Å². The van der Waals surface area contributed by atoms with Crippen LogP contribution >= 0.6 is 11.3 Å². The van der Waals surface area contributed by atoms with Crippen molar-refractivity contribution in [2.45, 2.75) is 57.3 Å². The number of thiophene rings is 1. The van der Waals surface area contributed by atoms with Crippen molar-refractivity contribution in [1.82, 2.24) is 14.9 Å². The number of likely N-dealkylation sites (tertiary alicyclic amines) is 1. The predicted molar refractivity (Wildman–Crippen MR) is 157 cm³/mol. The monoisotopic (exact) mass is 573 g/mol. The molecule has 0 atom stereocenters. The molecule has 1 N–H and O–H groups in total. The van der Waals surface area contributed by atoms with E-state index in [0.717, 1.165) is 55.8 Å². The van der Waals surface area contributed by atoms with Crippen LogP contribution in [0.2, 0.25) is 0 Å². The minimum atomic E-state index is -4.27. The lowest BCUT2D eigenvalue weighted by molar-refractivity contribution is -0.126. The zero-order valence-electron chi connectivity index (χ0n) is 22.8. The summed E-state index contributed by atoms with van der Waals surface area (Å²) in [7, 11) is 0. The van der Waals surface area contributed by atoms with Gasteiger partial charge in [-0.1, -0.05) is 42.5 Å². The number of nitrogens with one attached hydrogen (secondary N) is 1. The van der Waals surface area contributed by atoms with Gasteiger partial charge in [-0.2, -0.15) is 18.4 Å². The molecule has 1 aliphatic carbocycles. The van der Waals surface area contributed by atoms with Crippen molar-refractivity contribution in [3.63, 3.8) is 0 Å². The summed E-state index contributed by atoms with van der Waals surface area (Å²) in [4.78, 5) is 12.0. The number of allylic oxidation sites excluding steroid dienone is 1. The maximum atomic E-state index is 13.1. The fourth-order valence-corrected chi connectivity index (χ4v) is 7.14. The Hall–Kier alpha value is -3.74. The zero-order chi connectivity index (χ0) is 28.6. The van der Waals surface area contributed by atoms with Crippen LogP contribution in [0, 0.1) is 18.3 Å². The number of rotatable bonds is 7. The number of anilines is 1. The molecule has 9 heteroatoms. The first-order valence-electron chi connectivity index (χ1n) is 13.8. The van der Waals surface area contributed by atoms with Crippen molar-refractivity contribution in [2.75, 3.05) is 18.4 Å². The second-order valence-electron chi connectivity index (χ2n) is 11.2. The molecule has 1 saturated heterocycles. The number of nitriles is 1. The fraction of sp³-hybridized carbons (Fsp3) is 0.344. The van der Waals surface area contributed by atoms with Gasteiger partial charge in [-0.3, -0.25) is 4.90 Å². The minimum absolute atomic E-state index is 0.240. The van der Waals surface area contributed by atoms with Crippen LogP contribution in [0.5, 0.6) is 0 Å². The molecule has 210 valence electrons. The highest BCUT2D eigenvalue weighted by Gasteiger charge is 2.36. The van der Waals surface area contributed by atoms with E-state index in [-0.39, 0.29) is 10.4 Å². The van der Waals surface area contributed by atoms with Crippen LogP contribution in [-0.2, 0) is 25.8 Å². The first-order valence-corrected chi connectivity index (χ1v) is 14.6. The summed E-state index contributed by atoms with van der Waals surface area (Å²) >= 11 is 1.07. The Morgan fingerprint density at radius 3 is 2.61 bits per heavy atom. The van der Waals surface area contributed by atoms with Gasteiger partial charge >= 0.3 is 6.18 Å². The van der Waals surface area contributed by atoms with E-state index in [0.29, 0.717) is 22.5 Å². The lowest BCUT2D eigenvalue weighted by Crippen LogP contribution is -2.50. The summed E-state index contributed by atoms with van der Waals surface area (Å²) < 4.78 is 39.3. The molecule has 0 amide bonds. The molecule has 1 fully saturated rings. The van der Waals surface area contributed by atoms with Gasteiger partial charge in [0.15, 0.2) is 0 Å². The van der Waals surface area contributed by atoms with Gasteiger partial charge < -0.3 is 5.32 Å². The molecule has 1 aliphatic heterocycles. The van der Waals surface area contributed by atoms with Crippen LogP contribution < -0.4 is 5.32 Å². The third-order valence-corrected chi connectivity index (χ3v) is 9.33. The van der Waals surface area contributed by atoms with E-state index >= 15 is 0 Å². The fourth-order valence-electron chi connectivity index (χ4n) is 6.11. The molecule has 0 spiro atoms. The van der Waals surface area contributed by atoms with E-state index in [1.807, 2.05) is 24.3 Å². The second-order valence-corrected chi connectivity index (χ2v) is 12.3. The molecular formula is C32H30F3N5S. The van der Waals surface area contributed by atoms with Crippen molar-refractivity contribution < 1.29 is 13.2 Å². The number of fused-ring (bicyclic) bond motifs is 2. The summed E-state index contributed by atoms with van der Waals surface area (Å²) in [5.41, 5.74) is 6.63. The number of hydrogen-bond donors (Lipinski definition) is 1. The van der Waals surface area contributed by atoms with E-state index in [9.17, 15) is 18.4 Å². The Balaban J connectivity index is 1.24. The first-order chi connectivity index (χ1) is 19.7. The van der Waals surface area contributed by atoms with E-state index < -0.39 is 12.6 Å². The van der Waals surface area contributed by atoms with E-state index in [2.05, 4.69) is 57.4 Å². The Morgan fingerprint density at radius 1 is 1.10 bits per heavy atom. The van der Waals surface area contributed by atoms with Crippen molar-refractivity contribution in [1.29, 1.82) is 5.26 Å². The second kappa shape index (κ2) is 10.9. The smallest absolute Gasteiger partial charge is 0.364 e. The van der Waals surface area contributed by atoms with Gasteiger partial charge in [0, 0.05) is 42.0 Å². The average molecular weight is 574 g/mol. The molecule has 2 aliphatic rings. The molecule has 3 heterocycles. The van der Waals surface area contributed by atoms with E-state index in [1.54, 1.807) is 6.07 Å². The lowest BCUT2D eigenvalue weighted by atomic mass is 9.81. The number of piperidine rings is 1. The Bertz CT molecular complexity index is 1640. The Morgan fingerprint density at radius 2 is 1.88 bits per heavy atom. The molecule has 6 rings (SSSR count). The third-order valence-electron chi connectivity index (χ3n) is 8.29. The van der Waals surface area contributed by atoms with Gasteiger partial charge in [0.1, 0.15) is 17.0 Å². The van der Waals surface area contributed by atoms with Crippen LogP contribution in [0.25, 0.3) is 16.3 Å². The van der Waals surface area contributed by atoms with Crippen molar-refractivity contribution in [2.24, 2.45) is 0 Å². The summed E-state index contributed by atoms with van der Waals surface area (Å²) in [5.74, 6) is 0.596. The van der Waals surface area contributed by atoms with E-state index in [4.69, 9.17) is 0 Å². The molecule has 4 aromatic rings. The number of benzene rings is 2. The molecule has 2 aromatic heterocycles. The average Bonchev–Trinajstić information content (AvgIpc) is 3.56. The van der Waals surface area contributed by atoms with Crippen LogP contribution in [-0.4, -0.2) is 39.7 Å². The van der Waals surface area contributed by atoms with Crippen LogP contribution in [0.15, 0.2) is 60.4 Å². The summed E-state index contributed by atoms with van der Waals surface area (Å²) in [6.45, 7) is 4.71. The highest BCUT2D eigenvalue weighted by Crippen LogP contribution is 2.37. The highest BCUT2D eigenvalue weighted by molar-refractivity contribution is 7.18. The Kier molecular flexibility index (Phi) is 7.30. The molecule has 0 bridgehead atoms. The van der Waals surface area contributed by atoms with Gasteiger partial charge in [-0.15, -0.1) is 11.3 Å². The summed E-state index contributed by atoms with van der Waals surface area (Å²) in [5, 5.41) is 13.7. The normalized spacial score (nSPS) is 16.8. The van der Waals surface area contributed by atoms with Gasteiger partial charge in [0.2, 0.25) is 0 Å². The number of halogens is 3. The van der Waals surface area contributed by atoms with Gasteiger partial charge in [-0.05, 0) is 66.1 Å². The maximum Gasteiger partial charge on any atom is 0.393 e. The molecule has 2 aromatic carbocycles. The molecule has 0 radical (unpaired) electrons. The quantitative estimate of drug-likeness (QED) is 0.252. The molecule has 0 saturated carbocycles. The summed E-state index contributed by atoms with van der Waals surface area (Å²) in [6.07, 6.45) is 1.43. The lowest BCUT2D eigenvalue weighted by Gasteiger charge is -2.43. The SMILES string of the molecule is Cc1c(CN2CCC(Cc3ccccc3)(Nc3ncnc4sc(CC(F)(F)F)cc34)CC2)ccc2c1C=C(C#N)C2. The zero-order valence-corrected chi connectivity index (χ0v) is 23.6. The van der Waals surface area contributed by atoms with Crippen molar-refractivity contribution in [3.05, 3.63) is 93.1 Å². The van der Waals surface area contributed by atoms with Gasteiger partial charge in [0.25, 0.3) is 0 Å². The largest absolute Gasteiger partial charge is 0.393 e. The number of hydrogen-bond acceptors (Lipinski definition) is 6. The van der Waals surface area contributed by atoms with Crippen molar-refractivity contribution >= 4 is 33.4 Å². The van der Waals surface area contributed by atoms with Gasteiger partial charge in [-0.25, -0.2) is 9.97 Å². The van der Waals surface area contributed by atoms with Crippen LogP contribution in [0.1, 0.15) is 45.5 Å². The Labute approximate surface area is 241 Å². The number of aromatic nitrogens is 2. The van der Waals surface area contributed by atoms with Crippen LogP contribution in [0.4, 0.5) is 19.0 Å². The molecule has 0 unspecified atom stereocenters.